The van der Waals surface area contributed by atoms with Gasteiger partial charge >= 0.3 is 0 Å². The van der Waals surface area contributed by atoms with Crippen LogP contribution in [0.3, 0.4) is 0 Å². The van der Waals surface area contributed by atoms with Crippen LogP contribution in [0.5, 0.6) is 0 Å². The maximum Gasteiger partial charge on any atom is 0.0589 e. The molecule has 1 unspecified atom stereocenters. The van der Waals surface area contributed by atoms with E-state index in [0.717, 1.165) is 36.8 Å². The molecule has 0 saturated carbocycles. The van der Waals surface area contributed by atoms with E-state index in [1.165, 1.54) is 0 Å². The summed E-state index contributed by atoms with van der Waals surface area (Å²) in [5.74, 6) is 0. The zero-order chi connectivity index (χ0) is 13.4. The molecule has 1 aromatic carbocycles. The topological polar surface area (TPSA) is 24.5 Å². The van der Waals surface area contributed by atoms with E-state index in [0.29, 0.717) is 0 Å². The Morgan fingerprint density at radius 3 is 2.72 bits per heavy atom. The molecule has 1 rings (SSSR count). The first-order valence-electron chi connectivity index (χ1n) is 6.30. The predicted octanol–water partition coefficient (Wildman–Crippen LogP) is 2.57. The van der Waals surface area contributed by atoms with Crippen molar-refractivity contribution in [2.75, 3.05) is 40.4 Å². The highest BCUT2D eigenvalue weighted by atomic mass is 35.5. The van der Waals surface area contributed by atoms with Gasteiger partial charge in [0.25, 0.3) is 0 Å². The van der Waals surface area contributed by atoms with Gasteiger partial charge in [-0.05, 0) is 25.6 Å². The highest BCUT2D eigenvalue weighted by Gasteiger charge is 2.08. The summed E-state index contributed by atoms with van der Waals surface area (Å²) in [5, 5.41) is 4.30. The quantitative estimate of drug-likeness (QED) is 0.786. The van der Waals surface area contributed by atoms with Gasteiger partial charge in [0.05, 0.1) is 6.61 Å². The summed E-state index contributed by atoms with van der Waals surface area (Å²) in [5.41, 5.74) is 1.15. The number of nitrogens with zero attached hydrogens (tertiary/aromatic N) is 1. The van der Waals surface area contributed by atoms with Crippen LogP contribution < -0.4 is 5.32 Å². The lowest BCUT2D eigenvalue weighted by atomic mass is 10.1. The minimum Gasteiger partial charge on any atom is -0.383 e. The fraction of sp³-hybridized carbons (Fsp3) is 0.571. The van der Waals surface area contributed by atoms with Crippen molar-refractivity contribution in [2.24, 2.45) is 0 Å². The molecule has 0 aliphatic rings. The predicted molar refractivity (Wildman–Crippen MR) is 77.2 cm³/mol. The lowest BCUT2D eigenvalue weighted by Crippen LogP contribution is -2.32. The molecular formula is C14H23ClN2O. The normalized spacial score (nSPS) is 12.9. The Morgan fingerprint density at radius 1 is 1.33 bits per heavy atom. The molecule has 1 aromatic rings. The van der Waals surface area contributed by atoms with Crippen molar-refractivity contribution in [3.8, 4) is 0 Å². The maximum atomic E-state index is 6.16. The van der Waals surface area contributed by atoms with Crippen LogP contribution in [0.2, 0.25) is 5.02 Å². The van der Waals surface area contributed by atoms with Gasteiger partial charge in [0.15, 0.2) is 0 Å². The van der Waals surface area contributed by atoms with Gasteiger partial charge in [-0.3, -0.25) is 0 Å². The second kappa shape index (κ2) is 8.48. The van der Waals surface area contributed by atoms with Gasteiger partial charge in [0.2, 0.25) is 0 Å². The average molecular weight is 271 g/mol. The molecular weight excluding hydrogens is 248 g/mol. The van der Waals surface area contributed by atoms with Crippen LogP contribution in [0, 0.1) is 0 Å². The van der Waals surface area contributed by atoms with Crippen molar-refractivity contribution < 1.29 is 4.74 Å². The van der Waals surface area contributed by atoms with Gasteiger partial charge in [0, 0.05) is 37.8 Å². The first-order valence-corrected chi connectivity index (χ1v) is 6.68. The number of rotatable bonds is 8. The Hall–Kier alpha value is -0.610. The highest BCUT2D eigenvalue weighted by molar-refractivity contribution is 6.31. The van der Waals surface area contributed by atoms with E-state index in [4.69, 9.17) is 16.3 Å². The van der Waals surface area contributed by atoms with E-state index in [-0.39, 0.29) is 6.04 Å². The zero-order valence-corrected chi connectivity index (χ0v) is 12.2. The molecule has 4 heteroatoms. The van der Waals surface area contributed by atoms with E-state index in [2.05, 4.69) is 30.3 Å². The number of nitrogens with one attached hydrogen (secondary N) is 1. The van der Waals surface area contributed by atoms with Crippen molar-refractivity contribution >= 4 is 11.6 Å². The molecule has 18 heavy (non-hydrogen) atoms. The van der Waals surface area contributed by atoms with Gasteiger partial charge in [-0.15, -0.1) is 0 Å². The Labute approximate surface area is 115 Å². The van der Waals surface area contributed by atoms with Gasteiger partial charge in [-0.1, -0.05) is 29.8 Å². The van der Waals surface area contributed by atoms with Crippen LogP contribution in [0.1, 0.15) is 18.5 Å². The van der Waals surface area contributed by atoms with Gasteiger partial charge < -0.3 is 15.0 Å². The molecule has 102 valence electrons. The number of methoxy groups -OCH3 is 1. The second-order valence-corrected chi connectivity index (χ2v) is 4.90. The van der Waals surface area contributed by atoms with E-state index in [9.17, 15) is 0 Å². The summed E-state index contributed by atoms with van der Waals surface area (Å²) in [6.07, 6.45) is 0. The summed E-state index contributed by atoms with van der Waals surface area (Å²) in [4.78, 5) is 2.25. The standard InChI is InChI=1S/C14H23ClN2O/c1-12(13-6-4-5-7-14(13)15)16-8-9-17(2)10-11-18-3/h4-7,12,16H,8-11H2,1-3H3. The molecule has 0 aliphatic carbocycles. The van der Waals surface area contributed by atoms with Crippen molar-refractivity contribution in [1.82, 2.24) is 10.2 Å². The van der Waals surface area contributed by atoms with Crippen molar-refractivity contribution in [2.45, 2.75) is 13.0 Å². The summed E-state index contributed by atoms with van der Waals surface area (Å²) >= 11 is 6.16. The number of halogens is 1. The molecule has 0 radical (unpaired) electrons. The maximum absolute atomic E-state index is 6.16. The lowest BCUT2D eigenvalue weighted by molar-refractivity contribution is 0.161. The molecule has 1 atom stereocenters. The molecule has 0 heterocycles. The number of hydrogen-bond acceptors (Lipinski definition) is 3. The van der Waals surface area contributed by atoms with E-state index in [1.54, 1.807) is 7.11 Å². The number of hydrogen-bond donors (Lipinski definition) is 1. The van der Waals surface area contributed by atoms with E-state index >= 15 is 0 Å². The van der Waals surface area contributed by atoms with Crippen molar-refractivity contribution in [3.63, 3.8) is 0 Å². The Kier molecular flexibility index (Phi) is 7.28. The Bertz CT molecular complexity index is 346. The van der Waals surface area contributed by atoms with E-state index < -0.39 is 0 Å². The van der Waals surface area contributed by atoms with E-state index in [1.807, 2.05) is 18.2 Å². The van der Waals surface area contributed by atoms with Crippen LogP contribution in [-0.4, -0.2) is 45.3 Å². The van der Waals surface area contributed by atoms with Crippen LogP contribution >= 0.6 is 11.6 Å². The smallest absolute Gasteiger partial charge is 0.0589 e. The van der Waals surface area contributed by atoms with Gasteiger partial charge in [-0.2, -0.15) is 0 Å². The molecule has 3 nitrogen and oxygen atoms in total. The molecule has 0 bridgehead atoms. The minimum atomic E-state index is 0.273. The van der Waals surface area contributed by atoms with Crippen LogP contribution in [-0.2, 0) is 4.74 Å². The highest BCUT2D eigenvalue weighted by Crippen LogP contribution is 2.21. The first-order chi connectivity index (χ1) is 8.65. The average Bonchev–Trinajstić information content (AvgIpc) is 2.36. The number of benzene rings is 1. The fourth-order valence-corrected chi connectivity index (χ4v) is 2.07. The number of likely N-dealkylation sites (N-methyl/N-ethyl adjacent to an activating group) is 1. The summed E-state index contributed by atoms with van der Waals surface area (Å²) in [6.45, 7) is 5.80. The van der Waals surface area contributed by atoms with Crippen LogP contribution in [0.4, 0.5) is 0 Å². The minimum absolute atomic E-state index is 0.273. The van der Waals surface area contributed by atoms with Crippen LogP contribution in [0.25, 0.3) is 0 Å². The SMILES string of the molecule is COCCN(C)CCNC(C)c1ccccc1Cl. The van der Waals surface area contributed by atoms with Crippen LogP contribution in [0.15, 0.2) is 24.3 Å². The Morgan fingerprint density at radius 2 is 2.06 bits per heavy atom. The molecule has 0 saturated heterocycles. The number of ether oxygens (including phenoxy) is 1. The Balaban J connectivity index is 2.29. The monoisotopic (exact) mass is 270 g/mol. The van der Waals surface area contributed by atoms with Gasteiger partial charge in [-0.25, -0.2) is 0 Å². The summed E-state index contributed by atoms with van der Waals surface area (Å²) in [7, 11) is 3.83. The molecule has 0 amide bonds. The summed E-state index contributed by atoms with van der Waals surface area (Å²) in [6, 6.07) is 8.24. The second-order valence-electron chi connectivity index (χ2n) is 4.49. The van der Waals surface area contributed by atoms with Gasteiger partial charge in [0.1, 0.15) is 0 Å². The van der Waals surface area contributed by atoms with Crippen molar-refractivity contribution in [3.05, 3.63) is 34.9 Å². The molecule has 0 fully saturated rings. The molecule has 1 N–H and O–H groups in total. The zero-order valence-electron chi connectivity index (χ0n) is 11.4. The largest absolute Gasteiger partial charge is 0.383 e. The molecule has 0 aliphatic heterocycles. The fourth-order valence-electron chi connectivity index (χ4n) is 1.77. The third-order valence-electron chi connectivity index (χ3n) is 2.99. The molecule has 0 spiro atoms. The lowest BCUT2D eigenvalue weighted by Gasteiger charge is -2.19. The van der Waals surface area contributed by atoms with Crippen molar-refractivity contribution in [1.29, 1.82) is 0 Å². The first kappa shape index (κ1) is 15.4. The third-order valence-corrected chi connectivity index (χ3v) is 3.34. The third kappa shape index (κ3) is 5.36. The molecule has 0 aromatic heterocycles. The summed E-state index contributed by atoms with van der Waals surface area (Å²) < 4.78 is 5.05.